The maximum absolute atomic E-state index is 12.3. The van der Waals surface area contributed by atoms with Crippen molar-refractivity contribution in [1.82, 2.24) is 4.90 Å². The summed E-state index contributed by atoms with van der Waals surface area (Å²) in [4.78, 5) is 14.5. The number of carbonyl (C=O) groups excluding carboxylic acids is 1. The molecule has 1 aliphatic heterocycles. The topological polar surface area (TPSA) is 58.4 Å². The first-order chi connectivity index (χ1) is 10.1. The van der Waals surface area contributed by atoms with Gasteiger partial charge in [-0.15, -0.1) is 0 Å². The smallest absolute Gasteiger partial charge is 0.238 e. The molecule has 0 aliphatic carbocycles. The monoisotopic (exact) mass is 289 g/mol. The number of rotatable bonds is 5. The number of aryl methyl sites for hydroxylation is 2. The molecule has 1 aliphatic rings. The van der Waals surface area contributed by atoms with Crippen LogP contribution >= 0.6 is 0 Å². The molecule has 116 valence electrons. The van der Waals surface area contributed by atoms with Crippen LogP contribution in [0.15, 0.2) is 18.2 Å². The number of hydrogen-bond donors (Lipinski definition) is 2. The molecule has 0 saturated carbocycles. The summed E-state index contributed by atoms with van der Waals surface area (Å²) in [5.41, 5.74) is 9.06. The number of nitrogens with zero attached hydrogens (tertiary/aromatic N) is 1. The van der Waals surface area contributed by atoms with Crippen molar-refractivity contribution < 1.29 is 4.79 Å². The molecule has 1 unspecified atom stereocenters. The summed E-state index contributed by atoms with van der Waals surface area (Å²) in [7, 11) is 0. The Morgan fingerprint density at radius 3 is 3.00 bits per heavy atom. The van der Waals surface area contributed by atoms with Crippen LogP contribution in [-0.4, -0.2) is 37.0 Å². The average molecular weight is 289 g/mol. The molecule has 0 radical (unpaired) electrons. The van der Waals surface area contributed by atoms with E-state index in [1.54, 1.807) is 0 Å². The van der Waals surface area contributed by atoms with E-state index in [9.17, 15) is 4.79 Å². The highest BCUT2D eigenvalue weighted by Gasteiger charge is 2.21. The van der Waals surface area contributed by atoms with Crippen LogP contribution in [0.4, 0.5) is 5.69 Å². The number of likely N-dealkylation sites (tertiary alicyclic amines) is 1. The zero-order valence-corrected chi connectivity index (χ0v) is 13.2. The number of piperidine rings is 1. The van der Waals surface area contributed by atoms with Crippen molar-refractivity contribution in [1.29, 1.82) is 0 Å². The minimum absolute atomic E-state index is 0.0803. The van der Waals surface area contributed by atoms with Gasteiger partial charge in [-0.25, -0.2) is 0 Å². The molecular formula is C17H27N3O. The van der Waals surface area contributed by atoms with E-state index in [2.05, 4.69) is 23.2 Å². The Morgan fingerprint density at radius 2 is 2.29 bits per heavy atom. The van der Waals surface area contributed by atoms with Crippen molar-refractivity contribution in [2.24, 2.45) is 11.7 Å². The lowest BCUT2D eigenvalue weighted by atomic mass is 9.98. The molecule has 1 saturated heterocycles. The molecule has 3 N–H and O–H groups in total. The fourth-order valence-electron chi connectivity index (χ4n) is 3.07. The third-order valence-corrected chi connectivity index (χ3v) is 4.31. The first-order valence-corrected chi connectivity index (χ1v) is 7.94. The zero-order chi connectivity index (χ0) is 15.2. The van der Waals surface area contributed by atoms with Crippen LogP contribution in [0.25, 0.3) is 0 Å². The lowest BCUT2D eigenvalue weighted by molar-refractivity contribution is -0.117. The molecule has 1 atom stereocenters. The summed E-state index contributed by atoms with van der Waals surface area (Å²) in [6.07, 6.45) is 3.25. The van der Waals surface area contributed by atoms with Crippen molar-refractivity contribution in [2.75, 3.05) is 31.5 Å². The lowest BCUT2D eigenvalue weighted by Gasteiger charge is -2.31. The third kappa shape index (κ3) is 4.29. The van der Waals surface area contributed by atoms with E-state index in [-0.39, 0.29) is 5.91 Å². The van der Waals surface area contributed by atoms with Gasteiger partial charge in [-0.1, -0.05) is 25.1 Å². The Bertz CT molecular complexity index is 487. The molecule has 0 bridgehead atoms. The maximum Gasteiger partial charge on any atom is 0.238 e. The fourth-order valence-corrected chi connectivity index (χ4v) is 3.07. The number of nitrogens with one attached hydrogen (secondary N) is 1. The van der Waals surface area contributed by atoms with E-state index >= 15 is 0 Å². The number of para-hydroxylation sites is 1. The molecule has 1 amide bonds. The van der Waals surface area contributed by atoms with Crippen LogP contribution in [0, 0.1) is 12.8 Å². The minimum atomic E-state index is 0.0803. The molecule has 1 fully saturated rings. The average Bonchev–Trinajstić information content (AvgIpc) is 2.49. The summed E-state index contributed by atoms with van der Waals surface area (Å²) >= 11 is 0. The van der Waals surface area contributed by atoms with E-state index in [1.165, 1.54) is 12.0 Å². The Hall–Kier alpha value is -1.39. The predicted octanol–water partition coefficient (Wildman–Crippen LogP) is 2.17. The van der Waals surface area contributed by atoms with Crippen LogP contribution in [0.5, 0.6) is 0 Å². The summed E-state index contributed by atoms with van der Waals surface area (Å²) in [6, 6.07) is 6.16. The van der Waals surface area contributed by atoms with E-state index in [0.29, 0.717) is 12.5 Å². The summed E-state index contributed by atoms with van der Waals surface area (Å²) in [5.74, 6) is 0.618. The largest absolute Gasteiger partial charge is 0.330 e. The summed E-state index contributed by atoms with van der Waals surface area (Å²) in [5, 5.41) is 3.10. The summed E-state index contributed by atoms with van der Waals surface area (Å²) < 4.78 is 0. The first kappa shape index (κ1) is 16.0. The lowest BCUT2D eigenvalue weighted by Crippen LogP contribution is -2.42. The molecule has 1 aromatic carbocycles. The Labute approximate surface area is 127 Å². The number of benzene rings is 1. The van der Waals surface area contributed by atoms with Crippen LogP contribution < -0.4 is 11.1 Å². The van der Waals surface area contributed by atoms with Crippen molar-refractivity contribution in [3.8, 4) is 0 Å². The van der Waals surface area contributed by atoms with Gasteiger partial charge >= 0.3 is 0 Å². The molecule has 0 spiro atoms. The number of hydrogen-bond acceptors (Lipinski definition) is 3. The Kier molecular flexibility index (Phi) is 5.76. The van der Waals surface area contributed by atoms with Crippen LogP contribution in [0.2, 0.25) is 0 Å². The highest BCUT2D eigenvalue weighted by atomic mass is 16.2. The van der Waals surface area contributed by atoms with E-state index < -0.39 is 0 Å². The second-order valence-electron chi connectivity index (χ2n) is 5.99. The number of carbonyl (C=O) groups is 1. The molecular weight excluding hydrogens is 262 g/mol. The second-order valence-corrected chi connectivity index (χ2v) is 5.99. The van der Waals surface area contributed by atoms with E-state index in [4.69, 9.17) is 5.73 Å². The quantitative estimate of drug-likeness (QED) is 0.873. The normalized spacial score (nSPS) is 19.5. The van der Waals surface area contributed by atoms with Gasteiger partial charge in [0.1, 0.15) is 0 Å². The van der Waals surface area contributed by atoms with Gasteiger partial charge in [0.2, 0.25) is 5.91 Å². The Balaban J connectivity index is 1.96. The molecule has 1 heterocycles. The highest BCUT2D eigenvalue weighted by molar-refractivity contribution is 5.93. The zero-order valence-electron chi connectivity index (χ0n) is 13.2. The molecule has 0 aromatic heterocycles. The SMILES string of the molecule is CCc1cccc(C)c1NC(=O)CN1CCCC(CN)C1. The van der Waals surface area contributed by atoms with Gasteiger partial charge in [-0.2, -0.15) is 0 Å². The molecule has 4 heteroatoms. The summed E-state index contributed by atoms with van der Waals surface area (Å²) in [6.45, 7) is 7.28. The van der Waals surface area contributed by atoms with Crippen LogP contribution in [0.1, 0.15) is 30.9 Å². The maximum atomic E-state index is 12.3. The van der Waals surface area contributed by atoms with Crippen molar-refractivity contribution >= 4 is 11.6 Å². The van der Waals surface area contributed by atoms with Gasteiger partial charge in [-0.05, 0) is 56.3 Å². The van der Waals surface area contributed by atoms with Gasteiger partial charge in [0.25, 0.3) is 0 Å². The van der Waals surface area contributed by atoms with Gasteiger partial charge in [-0.3, -0.25) is 9.69 Å². The van der Waals surface area contributed by atoms with Gasteiger partial charge < -0.3 is 11.1 Å². The highest BCUT2D eigenvalue weighted by Crippen LogP contribution is 2.21. The molecule has 21 heavy (non-hydrogen) atoms. The van der Waals surface area contributed by atoms with Gasteiger partial charge in [0.05, 0.1) is 6.54 Å². The number of amides is 1. The predicted molar refractivity (Wildman–Crippen MR) is 87.4 cm³/mol. The minimum Gasteiger partial charge on any atom is -0.330 e. The van der Waals surface area contributed by atoms with E-state index in [0.717, 1.165) is 43.7 Å². The van der Waals surface area contributed by atoms with Crippen LogP contribution in [0.3, 0.4) is 0 Å². The van der Waals surface area contributed by atoms with E-state index in [1.807, 2.05) is 19.1 Å². The van der Waals surface area contributed by atoms with Gasteiger partial charge in [0, 0.05) is 12.2 Å². The number of anilines is 1. The second kappa shape index (κ2) is 7.57. The van der Waals surface area contributed by atoms with Crippen molar-refractivity contribution in [2.45, 2.75) is 33.1 Å². The van der Waals surface area contributed by atoms with Crippen molar-refractivity contribution in [3.63, 3.8) is 0 Å². The molecule has 1 aromatic rings. The standard InChI is InChI=1S/C17H27N3O/c1-3-15-8-4-6-13(2)17(15)19-16(21)12-20-9-5-7-14(10-18)11-20/h4,6,8,14H,3,5,7,9-12,18H2,1-2H3,(H,19,21). The van der Waals surface area contributed by atoms with Gasteiger partial charge in [0.15, 0.2) is 0 Å². The first-order valence-electron chi connectivity index (χ1n) is 7.94. The third-order valence-electron chi connectivity index (χ3n) is 4.31. The molecule has 4 nitrogen and oxygen atoms in total. The Morgan fingerprint density at radius 1 is 1.48 bits per heavy atom. The fraction of sp³-hybridized carbons (Fsp3) is 0.588. The van der Waals surface area contributed by atoms with Crippen molar-refractivity contribution in [3.05, 3.63) is 29.3 Å². The number of nitrogens with two attached hydrogens (primary N) is 1. The van der Waals surface area contributed by atoms with Crippen LogP contribution in [-0.2, 0) is 11.2 Å². The molecule has 2 rings (SSSR count).